The van der Waals surface area contributed by atoms with Gasteiger partial charge in [0.25, 0.3) is 0 Å². The molecule has 0 bridgehead atoms. The van der Waals surface area contributed by atoms with Crippen molar-refractivity contribution in [1.82, 2.24) is 10.6 Å². The molecule has 1 unspecified atom stereocenters. The fourth-order valence-electron chi connectivity index (χ4n) is 1.72. The number of rotatable bonds is 7. The van der Waals surface area contributed by atoms with Gasteiger partial charge in [0.2, 0.25) is 0 Å². The Bertz CT molecular complexity index is 133. The monoisotopic (exact) mass is 200 g/mol. The molecule has 1 aliphatic heterocycles. The van der Waals surface area contributed by atoms with Crippen LogP contribution in [0.4, 0.5) is 0 Å². The highest BCUT2D eigenvalue weighted by atomic mass is 16.5. The molecule has 1 atom stereocenters. The molecular weight excluding hydrogens is 176 g/mol. The van der Waals surface area contributed by atoms with Crippen molar-refractivity contribution >= 4 is 0 Å². The molecule has 1 rings (SSSR count). The molecule has 0 amide bonds. The Morgan fingerprint density at radius 2 is 2.36 bits per heavy atom. The van der Waals surface area contributed by atoms with Gasteiger partial charge in [-0.3, -0.25) is 0 Å². The van der Waals surface area contributed by atoms with Crippen molar-refractivity contribution < 1.29 is 4.74 Å². The Hall–Kier alpha value is -0.120. The van der Waals surface area contributed by atoms with E-state index in [1.807, 2.05) is 0 Å². The maximum Gasteiger partial charge on any atom is 0.0518 e. The largest absolute Gasteiger partial charge is 0.379 e. The van der Waals surface area contributed by atoms with Gasteiger partial charge in [-0.1, -0.05) is 0 Å². The SMILES string of the molecule is CC(C)OCCCNCC1CCCN1. The molecule has 3 heteroatoms. The summed E-state index contributed by atoms with van der Waals surface area (Å²) in [6, 6.07) is 0.709. The van der Waals surface area contributed by atoms with Crippen molar-refractivity contribution in [3.63, 3.8) is 0 Å². The van der Waals surface area contributed by atoms with E-state index in [0.717, 1.165) is 26.1 Å². The van der Waals surface area contributed by atoms with Crippen LogP contribution in [0.25, 0.3) is 0 Å². The molecule has 0 aromatic rings. The predicted octanol–water partition coefficient (Wildman–Crippen LogP) is 1.14. The second-order valence-corrected chi connectivity index (χ2v) is 4.27. The highest BCUT2D eigenvalue weighted by molar-refractivity contribution is 4.75. The average molecular weight is 200 g/mol. The first kappa shape index (κ1) is 12.0. The molecule has 1 saturated heterocycles. The Balaban J connectivity index is 1.79. The minimum absolute atomic E-state index is 0.367. The van der Waals surface area contributed by atoms with Crippen LogP contribution in [0.3, 0.4) is 0 Å². The third-order valence-corrected chi connectivity index (χ3v) is 2.50. The zero-order chi connectivity index (χ0) is 10.2. The van der Waals surface area contributed by atoms with E-state index in [1.54, 1.807) is 0 Å². The standard InChI is InChI=1S/C11H24N2O/c1-10(2)14-8-4-6-12-9-11-5-3-7-13-11/h10-13H,3-9H2,1-2H3. The molecule has 0 radical (unpaired) electrons. The summed E-state index contributed by atoms with van der Waals surface area (Å²) in [6.07, 6.45) is 4.15. The molecule has 2 N–H and O–H groups in total. The molecule has 84 valence electrons. The smallest absolute Gasteiger partial charge is 0.0518 e. The van der Waals surface area contributed by atoms with Gasteiger partial charge in [0.1, 0.15) is 0 Å². The van der Waals surface area contributed by atoms with Crippen molar-refractivity contribution in [3.05, 3.63) is 0 Å². The summed E-state index contributed by atoms with van der Waals surface area (Å²) in [5.74, 6) is 0. The Labute approximate surface area is 87.6 Å². The molecule has 0 spiro atoms. The van der Waals surface area contributed by atoms with Crippen LogP contribution in [-0.4, -0.2) is 38.4 Å². The predicted molar refractivity (Wildman–Crippen MR) is 59.6 cm³/mol. The van der Waals surface area contributed by atoms with Gasteiger partial charge in [-0.2, -0.15) is 0 Å². The first-order valence-corrected chi connectivity index (χ1v) is 5.84. The summed E-state index contributed by atoms with van der Waals surface area (Å²) in [6.45, 7) is 8.42. The Kier molecular flexibility index (Phi) is 6.15. The van der Waals surface area contributed by atoms with Crippen LogP contribution in [0, 0.1) is 0 Å². The van der Waals surface area contributed by atoms with Crippen molar-refractivity contribution in [2.24, 2.45) is 0 Å². The van der Waals surface area contributed by atoms with Crippen LogP contribution in [-0.2, 0) is 4.74 Å². The van der Waals surface area contributed by atoms with Crippen LogP contribution in [0.15, 0.2) is 0 Å². The lowest BCUT2D eigenvalue weighted by Gasteiger charge is -2.12. The van der Waals surface area contributed by atoms with Gasteiger partial charge >= 0.3 is 0 Å². The van der Waals surface area contributed by atoms with Gasteiger partial charge in [-0.25, -0.2) is 0 Å². The lowest BCUT2D eigenvalue weighted by atomic mass is 10.2. The van der Waals surface area contributed by atoms with Gasteiger partial charge in [-0.15, -0.1) is 0 Å². The topological polar surface area (TPSA) is 33.3 Å². The van der Waals surface area contributed by atoms with Gasteiger partial charge in [0.05, 0.1) is 6.10 Å². The summed E-state index contributed by atoms with van der Waals surface area (Å²) < 4.78 is 5.46. The van der Waals surface area contributed by atoms with Crippen LogP contribution in [0.1, 0.15) is 33.1 Å². The Morgan fingerprint density at radius 3 is 3.00 bits per heavy atom. The molecular formula is C11H24N2O. The molecule has 1 fully saturated rings. The number of ether oxygens (including phenoxy) is 1. The van der Waals surface area contributed by atoms with E-state index >= 15 is 0 Å². The number of hydrogen-bond donors (Lipinski definition) is 2. The molecule has 1 heterocycles. The lowest BCUT2D eigenvalue weighted by molar-refractivity contribution is 0.0770. The molecule has 0 aromatic heterocycles. The van der Waals surface area contributed by atoms with E-state index in [4.69, 9.17) is 4.74 Å². The fraction of sp³-hybridized carbons (Fsp3) is 1.00. The van der Waals surface area contributed by atoms with Crippen LogP contribution in [0.5, 0.6) is 0 Å². The van der Waals surface area contributed by atoms with E-state index in [1.165, 1.54) is 19.4 Å². The minimum Gasteiger partial charge on any atom is -0.379 e. The molecule has 0 aliphatic carbocycles. The maximum absolute atomic E-state index is 5.46. The van der Waals surface area contributed by atoms with E-state index in [0.29, 0.717) is 12.1 Å². The van der Waals surface area contributed by atoms with Gasteiger partial charge in [0.15, 0.2) is 0 Å². The van der Waals surface area contributed by atoms with E-state index < -0.39 is 0 Å². The summed E-state index contributed by atoms with van der Waals surface area (Å²) >= 11 is 0. The quantitative estimate of drug-likeness (QED) is 0.605. The van der Waals surface area contributed by atoms with Crippen molar-refractivity contribution in [1.29, 1.82) is 0 Å². The lowest BCUT2D eigenvalue weighted by Crippen LogP contribution is -2.34. The van der Waals surface area contributed by atoms with Crippen LogP contribution in [0.2, 0.25) is 0 Å². The van der Waals surface area contributed by atoms with Gasteiger partial charge < -0.3 is 15.4 Å². The molecule has 1 aliphatic rings. The van der Waals surface area contributed by atoms with Gasteiger partial charge in [-0.05, 0) is 46.2 Å². The second-order valence-electron chi connectivity index (χ2n) is 4.27. The van der Waals surface area contributed by atoms with Crippen LogP contribution < -0.4 is 10.6 Å². The van der Waals surface area contributed by atoms with E-state index in [-0.39, 0.29) is 0 Å². The molecule has 0 aromatic carbocycles. The third-order valence-electron chi connectivity index (χ3n) is 2.50. The van der Waals surface area contributed by atoms with E-state index in [9.17, 15) is 0 Å². The molecule has 3 nitrogen and oxygen atoms in total. The fourth-order valence-corrected chi connectivity index (χ4v) is 1.72. The highest BCUT2D eigenvalue weighted by Gasteiger charge is 2.12. The second kappa shape index (κ2) is 7.21. The minimum atomic E-state index is 0.367. The normalized spacial score (nSPS) is 22.1. The van der Waals surface area contributed by atoms with E-state index in [2.05, 4.69) is 24.5 Å². The van der Waals surface area contributed by atoms with Crippen LogP contribution >= 0.6 is 0 Å². The summed E-state index contributed by atoms with van der Waals surface area (Å²) in [5, 5.41) is 6.93. The zero-order valence-corrected chi connectivity index (χ0v) is 9.51. The summed E-state index contributed by atoms with van der Waals surface area (Å²) in [7, 11) is 0. The first-order valence-electron chi connectivity index (χ1n) is 5.84. The molecule has 14 heavy (non-hydrogen) atoms. The van der Waals surface area contributed by atoms with Crippen molar-refractivity contribution in [3.8, 4) is 0 Å². The number of hydrogen-bond acceptors (Lipinski definition) is 3. The highest BCUT2D eigenvalue weighted by Crippen LogP contribution is 2.02. The maximum atomic E-state index is 5.46. The number of nitrogens with one attached hydrogen (secondary N) is 2. The first-order chi connectivity index (χ1) is 6.79. The summed E-state index contributed by atoms with van der Waals surface area (Å²) in [5.41, 5.74) is 0. The average Bonchev–Trinajstić information content (AvgIpc) is 2.63. The zero-order valence-electron chi connectivity index (χ0n) is 9.51. The van der Waals surface area contributed by atoms with Crippen molar-refractivity contribution in [2.75, 3.05) is 26.2 Å². The van der Waals surface area contributed by atoms with Crippen molar-refractivity contribution in [2.45, 2.75) is 45.3 Å². The molecule has 0 saturated carbocycles. The summed E-state index contributed by atoms with van der Waals surface area (Å²) in [4.78, 5) is 0. The Morgan fingerprint density at radius 1 is 1.50 bits per heavy atom. The van der Waals surface area contributed by atoms with Gasteiger partial charge in [0, 0.05) is 19.2 Å². The third kappa shape index (κ3) is 5.58.